The average molecular weight is 437 g/mol. The van der Waals surface area contributed by atoms with Crippen LogP contribution in [0.25, 0.3) is 0 Å². The second kappa shape index (κ2) is 17.2. The summed E-state index contributed by atoms with van der Waals surface area (Å²) in [6.07, 6.45) is 13.6. The molecule has 1 rings (SSSR count). The van der Waals surface area contributed by atoms with Gasteiger partial charge < -0.3 is 10.2 Å². The molecule has 0 aliphatic carbocycles. The van der Waals surface area contributed by atoms with E-state index in [0.29, 0.717) is 11.5 Å². The Hall–Kier alpha value is -1.49. The highest BCUT2D eigenvalue weighted by Crippen LogP contribution is 2.33. The molecule has 0 saturated carbocycles. The molecule has 2 unspecified atom stereocenters. The minimum absolute atomic E-state index is 0.0185. The molecule has 0 fully saturated rings. The molecule has 30 heavy (non-hydrogen) atoms. The molecular formula is C25H40O4S. The summed E-state index contributed by atoms with van der Waals surface area (Å²) in [6, 6.07) is 9.95. The fourth-order valence-corrected chi connectivity index (χ4v) is 5.00. The van der Waals surface area contributed by atoms with Crippen LogP contribution in [-0.4, -0.2) is 33.7 Å². The molecule has 2 atom stereocenters. The monoisotopic (exact) mass is 436 g/mol. The van der Waals surface area contributed by atoms with Crippen molar-refractivity contribution in [3.8, 4) is 0 Å². The van der Waals surface area contributed by atoms with E-state index in [1.807, 2.05) is 30.3 Å². The van der Waals surface area contributed by atoms with E-state index in [-0.39, 0.29) is 12.3 Å². The highest BCUT2D eigenvalue weighted by molar-refractivity contribution is 7.99. The second-order valence-corrected chi connectivity index (χ2v) is 9.30. The van der Waals surface area contributed by atoms with Gasteiger partial charge in [-0.1, -0.05) is 101 Å². The highest BCUT2D eigenvalue weighted by atomic mass is 32.2. The fourth-order valence-electron chi connectivity index (χ4n) is 3.88. The number of carbonyl (C=O) groups is 2. The van der Waals surface area contributed by atoms with E-state index < -0.39 is 17.9 Å². The topological polar surface area (TPSA) is 74.6 Å². The van der Waals surface area contributed by atoms with Crippen LogP contribution < -0.4 is 0 Å². The first-order valence-corrected chi connectivity index (χ1v) is 12.8. The summed E-state index contributed by atoms with van der Waals surface area (Å²) >= 11 is 1.44. The summed E-state index contributed by atoms with van der Waals surface area (Å²) in [7, 11) is 0. The molecule has 1 aromatic rings. The smallest absolute Gasteiger partial charge is 0.307 e. The maximum absolute atomic E-state index is 12.0. The molecule has 0 bridgehead atoms. The molecule has 0 saturated heterocycles. The molecule has 4 nitrogen and oxygen atoms in total. The van der Waals surface area contributed by atoms with E-state index in [0.717, 1.165) is 24.8 Å². The van der Waals surface area contributed by atoms with Gasteiger partial charge in [0.1, 0.15) is 0 Å². The number of unbranched alkanes of at least 4 members (excludes halogenated alkanes) is 9. The van der Waals surface area contributed by atoms with Gasteiger partial charge in [0.2, 0.25) is 0 Å². The first-order valence-electron chi connectivity index (χ1n) is 11.6. The van der Waals surface area contributed by atoms with E-state index in [1.54, 1.807) is 0 Å². The Bertz CT molecular complexity index is 576. The van der Waals surface area contributed by atoms with E-state index in [9.17, 15) is 14.7 Å². The summed E-state index contributed by atoms with van der Waals surface area (Å²) in [4.78, 5) is 22.7. The third kappa shape index (κ3) is 12.3. The number of carboxylic acids is 2. The summed E-state index contributed by atoms with van der Waals surface area (Å²) in [5.41, 5.74) is 1.08. The average Bonchev–Trinajstić information content (AvgIpc) is 2.73. The maximum Gasteiger partial charge on any atom is 0.307 e. The van der Waals surface area contributed by atoms with Crippen molar-refractivity contribution >= 4 is 23.7 Å². The van der Waals surface area contributed by atoms with Crippen LogP contribution in [0.15, 0.2) is 30.3 Å². The van der Waals surface area contributed by atoms with Gasteiger partial charge in [-0.25, -0.2) is 0 Å². The van der Waals surface area contributed by atoms with Crippen LogP contribution in [0, 0.1) is 5.92 Å². The van der Waals surface area contributed by atoms with Crippen LogP contribution in [0.5, 0.6) is 0 Å². The minimum Gasteiger partial charge on any atom is -0.481 e. The van der Waals surface area contributed by atoms with E-state index >= 15 is 0 Å². The number of hydrogen-bond acceptors (Lipinski definition) is 3. The van der Waals surface area contributed by atoms with E-state index in [4.69, 9.17) is 5.11 Å². The highest BCUT2D eigenvalue weighted by Gasteiger charge is 2.29. The summed E-state index contributed by atoms with van der Waals surface area (Å²) in [5.74, 6) is -1.20. The van der Waals surface area contributed by atoms with Gasteiger partial charge in [0, 0.05) is 11.5 Å². The summed E-state index contributed by atoms with van der Waals surface area (Å²) in [5, 5.41) is 18.6. The normalized spacial score (nSPS) is 13.1. The minimum atomic E-state index is -0.834. The van der Waals surface area contributed by atoms with E-state index in [2.05, 4.69) is 6.92 Å². The fraction of sp³-hybridized carbons (Fsp3) is 0.680. The van der Waals surface area contributed by atoms with Crippen molar-refractivity contribution in [3.63, 3.8) is 0 Å². The number of thioether (sulfide) groups is 1. The van der Waals surface area contributed by atoms with Crippen LogP contribution in [0.1, 0.15) is 95.5 Å². The van der Waals surface area contributed by atoms with Crippen molar-refractivity contribution in [1.29, 1.82) is 0 Å². The molecule has 170 valence electrons. The second-order valence-electron chi connectivity index (χ2n) is 8.15. The van der Waals surface area contributed by atoms with Crippen molar-refractivity contribution < 1.29 is 19.8 Å². The number of benzene rings is 1. The van der Waals surface area contributed by atoms with Crippen LogP contribution in [0.4, 0.5) is 0 Å². The van der Waals surface area contributed by atoms with Gasteiger partial charge in [-0.2, -0.15) is 11.8 Å². The van der Waals surface area contributed by atoms with Gasteiger partial charge in [-0.05, 0) is 17.9 Å². The zero-order chi connectivity index (χ0) is 22.0. The third-order valence-corrected chi connectivity index (χ3v) is 6.74. The van der Waals surface area contributed by atoms with Crippen molar-refractivity contribution in [1.82, 2.24) is 0 Å². The Morgan fingerprint density at radius 1 is 0.867 bits per heavy atom. The number of hydrogen-bond donors (Lipinski definition) is 2. The molecule has 5 heteroatoms. The molecule has 2 N–H and O–H groups in total. The van der Waals surface area contributed by atoms with Gasteiger partial charge >= 0.3 is 11.9 Å². The van der Waals surface area contributed by atoms with Crippen molar-refractivity contribution in [2.45, 2.75) is 89.9 Å². The molecule has 0 aliphatic heterocycles. The molecule has 0 spiro atoms. The van der Waals surface area contributed by atoms with Crippen LogP contribution in [0.2, 0.25) is 0 Å². The molecule has 0 aromatic heterocycles. The van der Waals surface area contributed by atoms with Gasteiger partial charge in [0.25, 0.3) is 0 Å². The Balaban J connectivity index is 2.47. The lowest BCUT2D eigenvalue weighted by Gasteiger charge is -2.24. The van der Waals surface area contributed by atoms with Crippen LogP contribution in [-0.2, 0) is 9.59 Å². The van der Waals surface area contributed by atoms with Gasteiger partial charge in [0.15, 0.2) is 0 Å². The van der Waals surface area contributed by atoms with Gasteiger partial charge in [-0.3, -0.25) is 9.59 Å². The molecule has 1 aromatic carbocycles. The lowest BCUT2D eigenvalue weighted by molar-refractivity contribution is -0.141. The molecule has 0 amide bonds. The van der Waals surface area contributed by atoms with Gasteiger partial charge in [0.05, 0.1) is 12.3 Å². The Labute approximate surface area is 186 Å². The zero-order valence-electron chi connectivity index (χ0n) is 18.6. The molecular weight excluding hydrogens is 396 g/mol. The predicted molar refractivity (Wildman–Crippen MR) is 126 cm³/mol. The lowest BCUT2D eigenvalue weighted by Crippen LogP contribution is -2.25. The predicted octanol–water partition coefficient (Wildman–Crippen LogP) is 6.99. The zero-order valence-corrected chi connectivity index (χ0v) is 19.4. The van der Waals surface area contributed by atoms with Crippen LogP contribution >= 0.6 is 11.8 Å². The number of carboxylic acid groups (broad SMARTS) is 2. The maximum atomic E-state index is 12.0. The Kier molecular flexibility index (Phi) is 15.2. The van der Waals surface area contributed by atoms with Crippen molar-refractivity contribution in [3.05, 3.63) is 35.9 Å². The van der Waals surface area contributed by atoms with Gasteiger partial charge in [-0.15, -0.1) is 0 Å². The number of rotatable bonds is 19. The first-order chi connectivity index (χ1) is 14.6. The quantitative estimate of drug-likeness (QED) is 0.229. The molecule has 0 heterocycles. The van der Waals surface area contributed by atoms with Crippen LogP contribution in [0.3, 0.4) is 0 Å². The van der Waals surface area contributed by atoms with E-state index in [1.165, 1.54) is 63.1 Å². The standard InChI is InChI=1S/C25H40O4S/c1-2-3-4-5-6-7-8-9-10-14-17-22(21-15-12-11-13-16-21)23(25(28)29)20-30-19-18-24(26)27/h11-13,15-16,22-23H,2-10,14,17-20H2,1H3,(H,26,27)(H,28,29). The third-order valence-electron chi connectivity index (χ3n) is 5.66. The number of aliphatic carboxylic acids is 2. The Morgan fingerprint density at radius 3 is 1.97 bits per heavy atom. The SMILES string of the molecule is CCCCCCCCCCCCC(c1ccccc1)C(CSCCC(=O)O)C(=O)O. The largest absolute Gasteiger partial charge is 0.481 e. The van der Waals surface area contributed by atoms with Crippen molar-refractivity contribution in [2.75, 3.05) is 11.5 Å². The molecule has 0 radical (unpaired) electrons. The van der Waals surface area contributed by atoms with Crippen molar-refractivity contribution in [2.24, 2.45) is 5.92 Å². The first kappa shape index (κ1) is 26.5. The molecule has 0 aliphatic rings. The summed E-state index contributed by atoms with van der Waals surface area (Å²) < 4.78 is 0. The summed E-state index contributed by atoms with van der Waals surface area (Å²) in [6.45, 7) is 2.24. The lowest BCUT2D eigenvalue weighted by atomic mass is 9.83. The Morgan fingerprint density at radius 2 is 1.43 bits per heavy atom.